The van der Waals surface area contributed by atoms with E-state index >= 15 is 0 Å². The van der Waals surface area contributed by atoms with E-state index < -0.39 is 0 Å². The molecule has 0 radical (unpaired) electrons. The molecular formula is C20H23N3O2S. The second kappa shape index (κ2) is 7.03. The van der Waals surface area contributed by atoms with Gasteiger partial charge in [0.05, 0.1) is 11.0 Å². The van der Waals surface area contributed by atoms with Gasteiger partial charge in [-0.05, 0) is 70.9 Å². The average molecular weight is 369 g/mol. The summed E-state index contributed by atoms with van der Waals surface area (Å²) in [6.45, 7) is 11.7. The summed E-state index contributed by atoms with van der Waals surface area (Å²) in [5.74, 6) is 1.40. The Hall–Kier alpha value is -2.47. The first-order valence-electron chi connectivity index (χ1n) is 8.59. The predicted octanol–water partition coefficient (Wildman–Crippen LogP) is 4.96. The molecule has 2 aromatic heterocycles. The molecule has 0 atom stereocenters. The van der Waals surface area contributed by atoms with Crippen molar-refractivity contribution in [3.05, 3.63) is 45.7 Å². The van der Waals surface area contributed by atoms with Crippen LogP contribution in [0.4, 0.5) is 5.69 Å². The third kappa shape index (κ3) is 3.55. The lowest BCUT2D eigenvalue weighted by molar-refractivity contribution is 0.103. The summed E-state index contributed by atoms with van der Waals surface area (Å²) < 4.78 is 5.70. The molecule has 1 aromatic carbocycles. The minimum Gasteiger partial charge on any atom is -0.491 e. The number of carbonyl (C=O) groups is 1. The average Bonchev–Trinajstić information content (AvgIpc) is 2.86. The van der Waals surface area contributed by atoms with Crippen molar-refractivity contribution < 1.29 is 9.53 Å². The number of aryl methyl sites for hydroxylation is 4. The highest BCUT2D eigenvalue weighted by Crippen LogP contribution is 2.32. The lowest BCUT2D eigenvalue weighted by Gasteiger charge is -2.13. The van der Waals surface area contributed by atoms with Gasteiger partial charge >= 0.3 is 0 Å². The quantitative estimate of drug-likeness (QED) is 0.705. The van der Waals surface area contributed by atoms with Crippen LogP contribution in [-0.2, 0) is 0 Å². The molecule has 5 nitrogen and oxygen atoms in total. The van der Waals surface area contributed by atoms with E-state index in [1.54, 1.807) is 0 Å². The Balaban J connectivity index is 1.90. The van der Waals surface area contributed by atoms with E-state index in [2.05, 4.69) is 15.3 Å². The van der Waals surface area contributed by atoms with E-state index in [4.69, 9.17) is 4.74 Å². The molecule has 6 heteroatoms. The van der Waals surface area contributed by atoms with Crippen molar-refractivity contribution in [2.45, 2.75) is 47.6 Å². The number of thiophene rings is 1. The maximum atomic E-state index is 12.8. The lowest BCUT2D eigenvalue weighted by atomic mass is 10.1. The molecule has 0 bridgehead atoms. The molecule has 0 saturated heterocycles. The number of amides is 1. The number of carbonyl (C=O) groups excluding carboxylic acids is 1. The van der Waals surface area contributed by atoms with Crippen LogP contribution in [0.15, 0.2) is 18.2 Å². The number of anilines is 1. The zero-order valence-corrected chi connectivity index (χ0v) is 16.7. The van der Waals surface area contributed by atoms with Crippen LogP contribution in [0.3, 0.4) is 0 Å². The Bertz CT molecular complexity index is 992. The Kier molecular flexibility index (Phi) is 4.96. The number of rotatable bonds is 4. The van der Waals surface area contributed by atoms with Crippen molar-refractivity contribution >= 4 is 33.1 Å². The minimum absolute atomic E-state index is 0.115. The van der Waals surface area contributed by atoms with Crippen molar-refractivity contribution in [1.29, 1.82) is 0 Å². The fourth-order valence-electron chi connectivity index (χ4n) is 2.99. The van der Waals surface area contributed by atoms with E-state index in [1.807, 2.05) is 59.7 Å². The fourth-order valence-corrected chi connectivity index (χ4v) is 4.16. The predicted molar refractivity (Wildman–Crippen MR) is 107 cm³/mol. The van der Waals surface area contributed by atoms with Crippen LogP contribution < -0.4 is 10.1 Å². The van der Waals surface area contributed by atoms with Crippen LogP contribution in [0.25, 0.3) is 10.2 Å². The molecule has 0 saturated carbocycles. The Morgan fingerprint density at radius 2 is 1.88 bits per heavy atom. The number of hydrogen-bond acceptors (Lipinski definition) is 5. The zero-order chi connectivity index (χ0) is 19.0. The first-order chi connectivity index (χ1) is 12.3. The fraction of sp³-hybridized carbons (Fsp3) is 0.350. The zero-order valence-electron chi connectivity index (χ0n) is 15.9. The summed E-state index contributed by atoms with van der Waals surface area (Å²) in [6, 6.07) is 5.69. The number of nitrogens with one attached hydrogen (secondary N) is 1. The largest absolute Gasteiger partial charge is 0.491 e. The first-order valence-corrected chi connectivity index (χ1v) is 9.41. The summed E-state index contributed by atoms with van der Waals surface area (Å²) in [7, 11) is 0. The summed E-state index contributed by atoms with van der Waals surface area (Å²) >= 11 is 1.41. The minimum atomic E-state index is -0.122. The normalized spacial score (nSPS) is 11.2. The summed E-state index contributed by atoms with van der Waals surface area (Å²) in [6.07, 6.45) is 0.115. The van der Waals surface area contributed by atoms with Crippen molar-refractivity contribution in [1.82, 2.24) is 9.97 Å². The number of ether oxygens (including phenoxy) is 1. The van der Waals surface area contributed by atoms with Gasteiger partial charge in [0.2, 0.25) is 0 Å². The third-order valence-corrected chi connectivity index (χ3v) is 5.29. The number of benzene rings is 1. The highest BCUT2D eigenvalue weighted by Gasteiger charge is 2.19. The number of nitrogens with zero attached hydrogens (tertiary/aromatic N) is 2. The van der Waals surface area contributed by atoms with Crippen molar-refractivity contribution in [2.75, 3.05) is 5.32 Å². The van der Waals surface area contributed by atoms with Gasteiger partial charge < -0.3 is 10.1 Å². The van der Waals surface area contributed by atoms with Crippen LogP contribution in [0, 0.1) is 27.7 Å². The second-order valence-corrected chi connectivity index (χ2v) is 7.69. The smallest absolute Gasteiger partial charge is 0.266 e. The van der Waals surface area contributed by atoms with E-state index in [-0.39, 0.29) is 12.0 Å². The van der Waals surface area contributed by atoms with Crippen LogP contribution in [0.1, 0.15) is 46.2 Å². The molecule has 3 aromatic rings. The van der Waals surface area contributed by atoms with Gasteiger partial charge in [0, 0.05) is 16.8 Å². The van der Waals surface area contributed by atoms with E-state index in [9.17, 15) is 4.79 Å². The van der Waals surface area contributed by atoms with Gasteiger partial charge in [-0.1, -0.05) is 0 Å². The van der Waals surface area contributed by atoms with Crippen LogP contribution >= 0.6 is 11.3 Å². The molecule has 0 aliphatic carbocycles. The van der Waals surface area contributed by atoms with Gasteiger partial charge in [-0.25, -0.2) is 9.97 Å². The highest BCUT2D eigenvalue weighted by molar-refractivity contribution is 7.20. The maximum absolute atomic E-state index is 12.8. The molecule has 0 unspecified atom stereocenters. The Morgan fingerprint density at radius 3 is 2.54 bits per heavy atom. The molecule has 1 N–H and O–H groups in total. The molecule has 3 rings (SSSR count). The SMILES string of the molecule is Cc1nc(C)c2c(C)c(C(=O)Nc3ccc(OC(C)C)cc3C)sc2n1. The van der Waals surface area contributed by atoms with Gasteiger partial charge in [-0.2, -0.15) is 0 Å². The third-order valence-electron chi connectivity index (χ3n) is 4.11. The molecule has 0 aliphatic heterocycles. The Labute approximate surface area is 157 Å². The number of aromatic nitrogens is 2. The number of hydrogen-bond donors (Lipinski definition) is 1. The van der Waals surface area contributed by atoms with Gasteiger partial charge in [-0.15, -0.1) is 11.3 Å². The van der Waals surface area contributed by atoms with Gasteiger partial charge in [0.15, 0.2) is 0 Å². The monoisotopic (exact) mass is 369 g/mol. The Morgan fingerprint density at radius 1 is 1.15 bits per heavy atom. The van der Waals surface area contributed by atoms with E-state index in [0.717, 1.165) is 44.3 Å². The molecule has 0 aliphatic rings. The van der Waals surface area contributed by atoms with Crippen molar-refractivity contribution in [3.8, 4) is 5.75 Å². The van der Waals surface area contributed by atoms with Gasteiger partial charge in [0.1, 0.15) is 16.4 Å². The topological polar surface area (TPSA) is 64.1 Å². The summed E-state index contributed by atoms with van der Waals surface area (Å²) in [5, 5.41) is 3.99. The standard InChI is InChI=1S/C20H23N3O2S/c1-10(2)25-15-7-8-16(11(3)9-15)23-19(24)18-12(4)17-13(5)21-14(6)22-20(17)26-18/h7-10H,1-6H3,(H,23,24). The first kappa shape index (κ1) is 18.3. The molecule has 0 spiro atoms. The highest BCUT2D eigenvalue weighted by atomic mass is 32.1. The molecule has 2 heterocycles. The van der Waals surface area contributed by atoms with Gasteiger partial charge in [-0.3, -0.25) is 4.79 Å². The van der Waals surface area contributed by atoms with Crippen LogP contribution in [0.2, 0.25) is 0 Å². The molecule has 1 amide bonds. The van der Waals surface area contributed by atoms with Crippen LogP contribution in [-0.4, -0.2) is 22.0 Å². The maximum Gasteiger partial charge on any atom is 0.266 e. The number of fused-ring (bicyclic) bond motifs is 1. The summed E-state index contributed by atoms with van der Waals surface area (Å²) in [5.41, 5.74) is 3.58. The van der Waals surface area contributed by atoms with E-state index in [0.29, 0.717) is 4.88 Å². The van der Waals surface area contributed by atoms with Crippen LogP contribution in [0.5, 0.6) is 5.75 Å². The van der Waals surface area contributed by atoms with Crippen molar-refractivity contribution in [2.24, 2.45) is 0 Å². The molecular weight excluding hydrogens is 346 g/mol. The second-order valence-electron chi connectivity index (χ2n) is 6.69. The molecule has 0 fully saturated rings. The van der Waals surface area contributed by atoms with Gasteiger partial charge in [0.25, 0.3) is 5.91 Å². The summed E-state index contributed by atoms with van der Waals surface area (Å²) in [4.78, 5) is 23.3. The van der Waals surface area contributed by atoms with Crippen molar-refractivity contribution in [3.63, 3.8) is 0 Å². The molecule has 26 heavy (non-hydrogen) atoms. The molecule has 136 valence electrons. The lowest BCUT2D eigenvalue weighted by Crippen LogP contribution is -2.12. The van der Waals surface area contributed by atoms with E-state index in [1.165, 1.54) is 11.3 Å².